The second-order valence-electron chi connectivity index (χ2n) is 7.56. The minimum Gasteiger partial charge on any atom is -0.474 e. The van der Waals surface area contributed by atoms with Crippen LogP contribution in [0.5, 0.6) is 11.8 Å². The van der Waals surface area contributed by atoms with Crippen molar-refractivity contribution >= 4 is 17.1 Å². The molecule has 27 heavy (non-hydrogen) atoms. The molecule has 1 fully saturated rings. The summed E-state index contributed by atoms with van der Waals surface area (Å²) in [6.07, 6.45) is 1.18. The summed E-state index contributed by atoms with van der Waals surface area (Å²) in [5.74, 6) is 0.747. The molecule has 0 radical (unpaired) electrons. The minimum atomic E-state index is -0.517. The van der Waals surface area contributed by atoms with Crippen molar-refractivity contribution in [1.82, 2.24) is 14.9 Å². The fourth-order valence-corrected chi connectivity index (χ4v) is 2.96. The molecule has 7 nitrogen and oxygen atoms in total. The van der Waals surface area contributed by atoms with Gasteiger partial charge in [0.25, 0.3) is 11.8 Å². The standard InChI is InChI=1S/C20H27N3O4/c1-5-25-17-18(22-16-11-7-6-10-15(16)21-17)26-14-9-8-12-23(13-14)19(24)27-20(2,3)4/h6-7,10-11,14H,5,8-9,12-13H2,1-4H3/t14-/m1/s1. The molecular formula is C20H27N3O4. The summed E-state index contributed by atoms with van der Waals surface area (Å²) >= 11 is 0. The molecule has 146 valence electrons. The van der Waals surface area contributed by atoms with Gasteiger partial charge >= 0.3 is 6.09 Å². The van der Waals surface area contributed by atoms with Crippen LogP contribution in [0, 0.1) is 0 Å². The Bertz CT molecular complexity index is 803. The van der Waals surface area contributed by atoms with Crippen LogP contribution in [0.15, 0.2) is 24.3 Å². The van der Waals surface area contributed by atoms with E-state index in [-0.39, 0.29) is 12.2 Å². The predicted molar refractivity (Wildman–Crippen MR) is 102 cm³/mol. The smallest absolute Gasteiger partial charge is 0.410 e. The Kier molecular flexibility index (Phi) is 5.68. The van der Waals surface area contributed by atoms with E-state index < -0.39 is 5.60 Å². The summed E-state index contributed by atoms with van der Waals surface area (Å²) in [5.41, 5.74) is 0.986. The number of carbonyl (C=O) groups excluding carboxylic acids is 1. The molecule has 2 heterocycles. The predicted octanol–water partition coefficient (Wildman–Crippen LogP) is 3.81. The highest BCUT2D eigenvalue weighted by Gasteiger charge is 2.29. The number of hydrogen-bond acceptors (Lipinski definition) is 6. The first-order valence-corrected chi connectivity index (χ1v) is 9.40. The lowest BCUT2D eigenvalue weighted by atomic mass is 10.1. The molecule has 1 atom stereocenters. The van der Waals surface area contributed by atoms with Crippen molar-refractivity contribution in [2.75, 3.05) is 19.7 Å². The first-order chi connectivity index (χ1) is 12.9. The van der Waals surface area contributed by atoms with Crippen LogP contribution in [0.3, 0.4) is 0 Å². The van der Waals surface area contributed by atoms with Crippen molar-refractivity contribution in [3.8, 4) is 11.8 Å². The van der Waals surface area contributed by atoms with Crippen LogP contribution in [-0.2, 0) is 4.74 Å². The Labute approximate surface area is 159 Å². The zero-order chi connectivity index (χ0) is 19.4. The molecule has 2 aromatic rings. The molecule has 0 aliphatic carbocycles. The highest BCUT2D eigenvalue weighted by atomic mass is 16.6. The Morgan fingerprint density at radius 1 is 1.19 bits per heavy atom. The van der Waals surface area contributed by atoms with Gasteiger partial charge in [-0.2, -0.15) is 0 Å². The number of para-hydroxylation sites is 2. The number of fused-ring (bicyclic) bond motifs is 1. The minimum absolute atomic E-state index is 0.180. The molecule has 7 heteroatoms. The quantitative estimate of drug-likeness (QED) is 0.811. The summed E-state index contributed by atoms with van der Waals surface area (Å²) in [4.78, 5) is 23.1. The van der Waals surface area contributed by atoms with Crippen LogP contribution in [0.1, 0.15) is 40.5 Å². The van der Waals surface area contributed by atoms with E-state index in [0.717, 1.165) is 23.9 Å². The molecule has 0 unspecified atom stereocenters. The van der Waals surface area contributed by atoms with Gasteiger partial charge in [0, 0.05) is 6.54 Å². The van der Waals surface area contributed by atoms with Crippen molar-refractivity contribution in [3.05, 3.63) is 24.3 Å². The molecule has 0 saturated carbocycles. The lowest BCUT2D eigenvalue weighted by molar-refractivity contribution is 0.00685. The van der Waals surface area contributed by atoms with Gasteiger partial charge in [-0.05, 0) is 52.7 Å². The molecule has 1 aliphatic rings. The van der Waals surface area contributed by atoms with Gasteiger partial charge in [-0.15, -0.1) is 0 Å². The fourth-order valence-electron chi connectivity index (χ4n) is 2.96. The van der Waals surface area contributed by atoms with Gasteiger partial charge in [-0.1, -0.05) is 12.1 Å². The van der Waals surface area contributed by atoms with Crippen molar-refractivity contribution in [2.45, 2.75) is 52.2 Å². The second-order valence-corrected chi connectivity index (χ2v) is 7.56. The van der Waals surface area contributed by atoms with Crippen molar-refractivity contribution in [2.24, 2.45) is 0 Å². The molecule has 1 aliphatic heterocycles. The number of nitrogens with zero attached hydrogens (tertiary/aromatic N) is 3. The zero-order valence-electron chi connectivity index (χ0n) is 16.4. The van der Waals surface area contributed by atoms with Crippen molar-refractivity contribution in [3.63, 3.8) is 0 Å². The van der Waals surface area contributed by atoms with E-state index in [2.05, 4.69) is 9.97 Å². The average molecular weight is 373 g/mol. The maximum atomic E-state index is 12.4. The fraction of sp³-hybridized carbons (Fsp3) is 0.550. The van der Waals surface area contributed by atoms with Crippen molar-refractivity contribution in [1.29, 1.82) is 0 Å². The summed E-state index contributed by atoms with van der Waals surface area (Å²) in [5, 5.41) is 0. The lowest BCUT2D eigenvalue weighted by Crippen LogP contribution is -2.46. The maximum absolute atomic E-state index is 12.4. The number of aromatic nitrogens is 2. The number of likely N-dealkylation sites (tertiary alicyclic amines) is 1. The van der Waals surface area contributed by atoms with Gasteiger partial charge in [-0.3, -0.25) is 0 Å². The van der Waals surface area contributed by atoms with Gasteiger partial charge in [0.2, 0.25) is 0 Å². The third kappa shape index (κ3) is 4.99. The van der Waals surface area contributed by atoms with E-state index in [1.807, 2.05) is 52.0 Å². The van der Waals surface area contributed by atoms with Crippen LogP contribution in [0.2, 0.25) is 0 Å². The lowest BCUT2D eigenvalue weighted by Gasteiger charge is -2.34. The Balaban J connectivity index is 1.75. The van der Waals surface area contributed by atoms with E-state index >= 15 is 0 Å². The zero-order valence-corrected chi connectivity index (χ0v) is 16.4. The normalized spacial score (nSPS) is 17.6. The third-order valence-electron chi connectivity index (χ3n) is 4.10. The Hall–Kier alpha value is -2.57. The average Bonchev–Trinajstić information content (AvgIpc) is 2.61. The van der Waals surface area contributed by atoms with Crippen LogP contribution >= 0.6 is 0 Å². The van der Waals surface area contributed by atoms with Crippen LogP contribution in [-0.4, -0.2) is 52.4 Å². The first kappa shape index (κ1) is 19.2. The summed E-state index contributed by atoms with van der Waals surface area (Å²) < 4.78 is 17.2. The number of rotatable bonds is 4. The number of hydrogen-bond donors (Lipinski definition) is 0. The first-order valence-electron chi connectivity index (χ1n) is 9.40. The molecule has 1 saturated heterocycles. The summed E-state index contributed by atoms with van der Waals surface area (Å²) in [6, 6.07) is 7.59. The summed E-state index contributed by atoms with van der Waals surface area (Å²) in [6.45, 7) is 9.07. The highest BCUT2D eigenvalue weighted by molar-refractivity contribution is 5.75. The summed E-state index contributed by atoms with van der Waals surface area (Å²) in [7, 11) is 0. The van der Waals surface area contributed by atoms with Gasteiger partial charge in [0.1, 0.15) is 11.7 Å². The largest absolute Gasteiger partial charge is 0.474 e. The van der Waals surface area contributed by atoms with Gasteiger partial charge < -0.3 is 19.1 Å². The molecular weight excluding hydrogens is 346 g/mol. The second kappa shape index (κ2) is 7.98. The monoisotopic (exact) mass is 373 g/mol. The molecule has 1 aromatic heterocycles. The molecule has 3 rings (SSSR count). The van der Waals surface area contributed by atoms with Crippen LogP contribution in [0.4, 0.5) is 4.79 Å². The van der Waals surface area contributed by atoms with Gasteiger partial charge in [-0.25, -0.2) is 14.8 Å². The number of piperidine rings is 1. The number of carbonyl (C=O) groups is 1. The topological polar surface area (TPSA) is 73.8 Å². The maximum Gasteiger partial charge on any atom is 0.410 e. The molecule has 0 N–H and O–H groups in total. The van der Waals surface area contributed by atoms with E-state index in [1.165, 1.54) is 0 Å². The van der Waals surface area contributed by atoms with E-state index in [4.69, 9.17) is 14.2 Å². The number of benzene rings is 1. The molecule has 1 aromatic carbocycles. The van der Waals surface area contributed by atoms with Crippen molar-refractivity contribution < 1.29 is 19.0 Å². The third-order valence-corrected chi connectivity index (χ3v) is 4.10. The Morgan fingerprint density at radius 2 is 1.85 bits per heavy atom. The molecule has 1 amide bonds. The van der Waals surface area contributed by atoms with E-state index in [1.54, 1.807) is 4.90 Å². The van der Waals surface area contributed by atoms with E-state index in [9.17, 15) is 4.79 Å². The van der Waals surface area contributed by atoms with Crippen LogP contribution < -0.4 is 9.47 Å². The molecule has 0 bridgehead atoms. The van der Waals surface area contributed by atoms with Gasteiger partial charge in [0.15, 0.2) is 0 Å². The number of ether oxygens (including phenoxy) is 3. The van der Waals surface area contributed by atoms with E-state index in [0.29, 0.717) is 31.5 Å². The highest BCUT2D eigenvalue weighted by Crippen LogP contribution is 2.28. The Morgan fingerprint density at radius 3 is 2.48 bits per heavy atom. The SMILES string of the molecule is CCOc1nc2ccccc2nc1O[C@@H]1CCCN(C(=O)OC(C)(C)C)C1. The molecule has 0 spiro atoms. The number of amides is 1. The van der Waals surface area contributed by atoms with Gasteiger partial charge in [0.05, 0.1) is 24.2 Å². The van der Waals surface area contributed by atoms with Crippen LogP contribution in [0.25, 0.3) is 11.0 Å².